The minimum atomic E-state index is 0.211. The maximum absolute atomic E-state index is 5.17. The first-order valence-corrected chi connectivity index (χ1v) is 16.1. The third-order valence-electron chi connectivity index (χ3n) is 9.67. The molecule has 2 atom stereocenters. The summed E-state index contributed by atoms with van der Waals surface area (Å²) in [5.74, 6) is 1.38. The minimum Gasteiger partial charge on any atom is -0.316 e. The van der Waals surface area contributed by atoms with Crippen LogP contribution in [0.15, 0.2) is 164 Å². The molecule has 1 aromatic heterocycles. The van der Waals surface area contributed by atoms with Gasteiger partial charge in [-0.1, -0.05) is 153 Å². The highest BCUT2D eigenvalue weighted by Crippen LogP contribution is 2.44. The summed E-state index contributed by atoms with van der Waals surface area (Å²) in [6.45, 7) is 2.28. The first-order chi connectivity index (χ1) is 22.7. The molecule has 1 aliphatic carbocycles. The molecule has 8 aromatic rings. The van der Waals surface area contributed by atoms with Crippen LogP contribution in [0.5, 0.6) is 0 Å². The summed E-state index contributed by atoms with van der Waals surface area (Å²) in [6, 6.07) is 51.0. The van der Waals surface area contributed by atoms with Crippen molar-refractivity contribution in [2.45, 2.75) is 13.0 Å². The van der Waals surface area contributed by atoms with Crippen molar-refractivity contribution >= 4 is 43.4 Å². The van der Waals surface area contributed by atoms with Crippen LogP contribution in [-0.4, -0.2) is 9.55 Å². The van der Waals surface area contributed by atoms with Crippen molar-refractivity contribution in [3.8, 4) is 33.6 Å². The average molecular weight is 589 g/mol. The highest BCUT2D eigenvalue weighted by Gasteiger charge is 2.23. The van der Waals surface area contributed by atoms with Gasteiger partial charge in [-0.15, -0.1) is 0 Å². The Labute approximate surface area is 268 Å². The number of para-hydroxylation sites is 2. The molecule has 0 radical (unpaired) electrons. The summed E-state index contributed by atoms with van der Waals surface area (Å²) in [4.78, 5) is 5.17. The minimum absolute atomic E-state index is 0.211. The summed E-state index contributed by atoms with van der Waals surface area (Å²) in [5.41, 5.74) is 8.32. The molecular weight excluding hydrogens is 556 g/mol. The fourth-order valence-electron chi connectivity index (χ4n) is 7.46. The number of rotatable bonds is 4. The Kier molecular flexibility index (Phi) is 6.21. The molecule has 2 heteroatoms. The molecule has 2 nitrogen and oxygen atoms in total. The molecule has 0 saturated heterocycles. The predicted molar refractivity (Wildman–Crippen MR) is 195 cm³/mol. The van der Waals surface area contributed by atoms with E-state index in [1.54, 1.807) is 0 Å². The Morgan fingerprint density at radius 1 is 0.500 bits per heavy atom. The summed E-state index contributed by atoms with van der Waals surface area (Å²) in [6.07, 6.45) is 8.88. The molecule has 0 amide bonds. The highest BCUT2D eigenvalue weighted by molar-refractivity contribution is 6.21. The average Bonchev–Trinajstić information content (AvgIpc) is 3.50. The fourth-order valence-corrected chi connectivity index (χ4v) is 7.46. The lowest BCUT2D eigenvalue weighted by molar-refractivity contribution is 0.500. The zero-order valence-electron chi connectivity index (χ0n) is 25.6. The van der Waals surface area contributed by atoms with Crippen molar-refractivity contribution in [1.82, 2.24) is 9.55 Å². The SMILES string of the molecule is CC1C=CC=CC1n1c(-c2ccc(-c3c4ccccc4c(-c4ccc5ccccc5c4)c4ccccc34)cc2)nc2ccccc21. The largest absolute Gasteiger partial charge is 0.316 e. The molecule has 1 heterocycles. The van der Waals surface area contributed by atoms with E-state index in [1.807, 2.05) is 0 Å². The van der Waals surface area contributed by atoms with Gasteiger partial charge in [0.15, 0.2) is 0 Å². The van der Waals surface area contributed by atoms with Crippen LogP contribution in [0.25, 0.3) is 77.0 Å². The van der Waals surface area contributed by atoms with Crippen LogP contribution in [-0.2, 0) is 0 Å². The fraction of sp³-hybridized carbons (Fsp3) is 0.0682. The zero-order valence-corrected chi connectivity index (χ0v) is 25.6. The Bertz CT molecular complexity index is 2440. The lowest BCUT2D eigenvalue weighted by Crippen LogP contribution is -2.16. The molecule has 218 valence electrons. The van der Waals surface area contributed by atoms with Crippen LogP contribution in [0.3, 0.4) is 0 Å². The summed E-state index contributed by atoms with van der Waals surface area (Å²) in [5, 5.41) is 7.57. The van der Waals surface area contributed by atoms with E-state index in [-0.39, 0.29) is 6.04 Å². The Morgan fingerprint density at radius 3 is 1.74 bits per heavy atom. The number of allylic oxidation sites excluding steroid dienone is 4. The quantitative estimate of drug-likeness (QED) is 0.187. The van der Waals surface area contributed by atoms with Gasteiger partial charge >= 0.3 is 0 Å². The molecule has 0 spiro atoms. The Hall–Kier alpha value is -5.73. The molecule has 46 heavy (non-hydrogen) atoms. The lowest BCUT2D eigenvalue weighted by atomic mass is 9.85. The summed E-state index contributed by atoms with van der Waals surface area (Å²) < 4.78 is 2.41. The van der Waals surface area contributed by atoms with Crippen molar-refractivity contribution in [3.63, 3.8) is 0 Å². The van der Waals surface area contributed by atoms with Crippen LogP contribution < -0.4 is 0 Å². The molecular formula is C44H32N2. The number of nitrogens with zero attached hydrogens (tertiary/aromatic N) is 2. The van der Waals surface area contributed by atoms with E-state index in [2.05, 4.69) is 175 Å². The van der Waals surface area contributed by atoms with Gasteiger partial charge in [-0.2, -0.15) is 0 Å². The van der Waals surface area contributed by atoms with Gasteiger partial charge in [-0.3, -0.25) is 0 Å². The topological polar surface area (TPSA) is 17.8 Å². The smallest absolute Gasteiger partial charge is 0.141 e. The van der Waals surface area contributed by atoms with Gasteiger partial charge in [0.1, 0.15) is 5.82 Å². The third kappa shape index (κ3) is 4.22. The van der Waals surface area contributed by atoms with Crippen molar-refractivity contribution in [2.24, 2.45) is 5.92 Å². The van der Waals surface area contributed by atoms with Crippen molar-refractivity contribution in [2.75, 3.05) is 0 Å². The van der Waals surface area contributed by atoms with Gasteiger partial charge in [0.2, 0.25) is 0 Å². The van der Waals surface area contributed by atoms with E-state index in [0.29, 0.717) is 5.92 Å². The number of aromatic nitrogens is 2. The molecule has 9 rings (SSSR count). The van der Waals surface area contributed by atoms with Gasteiger partial charge in [0.05, 0.1) is 17.1 Å². The normalized spacial score (nSPS) is 16.2. The number of imidazole rings is 1. The van der Waals surface area contributed by atoms with E-state index in [4.69, 9.17) is 4.98 Å². The van der Waals surface area contributed by atoms with Gasteiger partial charge < -0.3 is 4.57 Å². The number of fused-ring (bicyclic) bond motifs is 4. The van der Waals surface area contributed by atoms with Gasteiger partial charge in [0, 0.05) is 5.56 Å². The predicted octanol–water partition coefficient (Wildman–Crippen LogP) is 11.8. The van der Waals surface area contributed by atoms with Crippen LogP contribution in [0, 0.1) is 5.92 Å². The van der Waals surface area contributed by atoms with Gasteiger partial charge in [-0.25, -0.2) is 4.98 Å². The van der Waals surface area contributed by atoms with E-state index in [9.17, 15) is 0 Å². The maximum atomic E-state index is 5.17. The summed E-state index contributed by atoms with van der Waals surface area (Å²) >= 11 is 0. The maximum Gasteiger partial charge on any atom is 0.141 e. The number of benzene rings is 7. The molecule has 1 aliphatic rings. The molecule has 7 aromatic carbocycles. The Morgan fingerprint density at radius 2 is 1.04 bits per heavy atom. The van der Waals surface area contributed by atoms with Crippen LogP contribution >= 0.6 is 0 Å². The Balaban J connectivity index is 1.23. The van der Waals surface area contributed by atoms with Crippen LogP contribution in [0.1, 0.15) is 13.0 Å². The zero-order chi connectivity index (χ0) is 30.6. The van der Waals surface area contributed by atoms with Crippen molar-refractivity contribution in [3.05, 3.63) is 164 Å². The third-order valence-corrected chi connectivity index (χ3v) is 9.67. The second-order valence-electron chi connectivity index (χ2n) is 12.4. The molecule has 0 N–H and O–H groups in total. The van der Waals surface area contributed by atoms with E-state index in [1.165, 1.54) is 60.1 Å². The second-order valence-corrected chi connectivity index (χ2v) is 12.4. The van der Waals surface area contributed by atoms with Crippen LogP contribution in [0.4, 0.5) is 0 Å². The van der Waals surface area contributed by atoms with Gasteiger partial charge in [0.25, 0.3) is 0 Å². The van der Waals surface area contributed by atoms with Crippen molar-refractivity contribution in [1.29, 1.82) is 0 Å². The lowest BCUT2D eigenvalue weighted by Gasteiger charge is -2.25. The molecule has 2 unspecified atom stereocenters. The van der Waals surface area contributed by atoms with Crippen LogP contribution in [0.2, 0.25) is 0 Å². The number of hydrogen-bond acceptors (Lipinski definition) is 1. The van der Waals surface area contributed by atoms with Gasteiger partial charge in [-0.05, 0) is 78.7 Å². The van der Waals surface area contributed by atoms with E-state index < -0.39 is 0 Å². The van der Waals surface area contributed by atoms with Crippen molar-refractivity contribution < 1.29 is 0 Å². The standard InChI is InChI=1S/C44H32N2/c1-29-12-2-10-20-40(29)46-41-21-11-9-19-39(41)45-44(46)32-25-23-31(24-26-32)42-35-15-5-7-17-37(35)43(38-18-8-6-16-36(38)42)34-27-22-30-13-3-4-14-33(30)28-34/h2-29,40H,1H3. The summed E-state index contributed by atoms with van der Waals surface area (Å²) in [7, 11) is 0. The molecule has 0 fully saturated rings. The molecule has 0 aliphatic heterocycles. The number of hydrogen-bond donors (Lipinski definition) is 0. The first kappa shape index (κ1) is 26.7. The van der Waals surface area contributed by atoms with E-state index >= 15 is 0 Å². The second kappa shape index (κ2) is 10.7. The monoisotopic (exact) mass is 588 g/mol. The molecule has 0 bridgehead atoms. The molecule has 0 saturated carbocycles. The highest BCUT2D eigenvalue weighted by atomic mass is 15.1. The van der Waals surface area contributed by atoms with E-state index in [0.717, 1.165) is 16.9 Å². The first-order valence-electron chi connectivity index (χ1n) is 16.1.